The van der Waals surface area contributed by atoms with Gasteiger partial charge in [-0.25, -0.2) is 4.79 Å². The zero-order chi connectivity index (χ0) is 16.4. The maximum Gasteiger partial charge on any atom is 0.327 e. The molecule has 0 saturated carbocycles. The molecule has 23 heavy (non-hydrogen) atoms. The second-order valence-corrected chi connectivity index (χ2v) is 6.82. The van der Waals surface area contributed by atoms with Gasteiger partial charge in [-0.05, 0) is 38.2 Å². The number of ether oxygens (including phenoxy) is 1. The summed E-state index contributed by atoms with van der Waals surface area (Å²) in [6, 6.07) is 7.78. The number of carbonyl (C=O) groups excluding carboxylic acids is 1. The molecule has 1 N–H and O–H groups in total. The van der Waals surface area contributed by atoms with Gasteiger partial charge >= 0.3 is 5.97 Å². The van der Waals surface area contributed by atoms with Gasteiger partial charge in [0, 0.05) is 29.9 Å². The van der Waals surface area contributed by atoms with Crippen molar-refractivity contribution in [1.82, 2.24) is 10.3 Å². The van der Waals surface area contributed by atoms with Crippen molar-refractivity contribution in [3.05, 3.63) is 48.3 Å². The van der Waals surface area contributed by atoms with Crippen LogP contribution in [0.15, 0.2) is 42.7 Å². The van der Waals surface area contributed by atoms with Crippen LogP contribution in [0.25, 0.3) is 16.3 Å². The fourth-order valence-electron chi connectivity index (χ4n) is 2.82. The Morgan fingerprint density at radius 3 is 2.83 bits per heavy atom. The predicted molar refractivity (Wildman–Crippen MR) is 92.0 cm³/mol. The Morgan fingerprint density at radius 1 is 1.26 bits per heavy atom. The van der Waals surface area contributed by atoms with E-state index < -0.39 is 11.6 Å². The van der Waals surface area contributed by atoms with E-state index in [0.29, 0.717) is 0 Å². The Kier molecular flexibility index (Phi) is 4.18. The summed E-state index contributed by atoms with van der Waals surface area (Å²) in [5.74, 6) is -0.233. The van der Waals surface area contributed by atoms with E-state index in [-0.39, 0.29) is 5.97 Å². The van der Waals surface area contributed by atoms with Crippen LogP contribution in [0.2, 0.25) is 0 Å². The molecule has 0 amide bonds. The first kappa shape index (κ1) is 15.7. The Balaban J connectivity index is 1.94. The van der Waals surface area contributed by atoms with E-state index >= 15 is 0 Å². The van der Waals surface area contributed by atoms with Gasteiger partial charge in [0.2, 0.25) is 0 Å². The molecule has 0 saturated heterocycles. The molecule has 1 unspecified atom stereocenters. The number of nitrogens with zero attached hydrogens (tertiary/aromatic N) is 1. The van der Waals surface area contributed by atoms with Crippen LogP contribution < -0.4 is 5.32 Å². The fourth-order valence-corrected chi connectivity index (χ4v) is 2.82. The summed E-state index contributed by atoms with van der Waals surface area (Å²) in [5, 5.41) is 5.49. The van der Waals surface area contributed by atoms with Crippen molar-refractivity contribution >= 4 is 22.3 Å². The molecule has 3 rings (SSSR count). The van der Waals surface area contributed by atoms with Crippen molar-refractivity contribution in [2.45, 2.75) is 38.8 Å². The molecular weight excluding hydrogens is 288 g/mol. The number of nitrogens with one attached hydrogen (secondary N) is 1. The lowest BCUT2D eigenvalue weighted by atomic mass is 9.94. The Bertz CT molecular complexity index is 754. The van der Waals surface area contributed by atoms with Crippen LogP contribution in [0, 0.1) is 0 Å². The fraction of sp³-hybridized carbons (Fsp3) is 0.368. The van der Waals surface area contributed by atoms with Crippen molar-refractivity contribution in [3.8, 4) is 0 Å². The Labute approximate surface area is 136 Å². The minimum absolute atomic E-state index is 0.233. The first-order valence-electron chi connectivity index (χ1n) is 7.94. The third-order valence-electron chi connectivity index (χ3n) is 3.80. The minimum Gasteiger partial charge on any atom is -0.459 e. The highest BCUT2D eigenvalue weighted by molar-refractivity contribution is 5.94. The lowest BCUT2D eigenvalue weighted by Crippen LogP contribution is -2.42. The second-order valence-electron chi connectivity index (χ2n) is 6.82. The largest absolute Gasteiger partial charge is 0.459 e. The highest BCUT2D eigenvalue weighted by Gasteiger charge is 2.26. The molecule has 1 aliphatic heterocycles. The average Bonchev–Trinajstić information content (AvgIpc) is 2.53. The minimum atomic E-state index is -0.481. The predicted octanol–water partition coefficient (Wildman–Crippen LogP) is 3.32. The lowest BCUT2D eigenvalue weighted by molar-refractivity contribution is -0.156. The molecular formula is C19H22N2O2. The van der Waals surface area contributed by atoms with Crippen LogP contribution in [0.1, 0.15) is 32.8 Å². The maximum atomic E-state index is 12.3. The number of hydrogen-bond donors (Lipinski definition) is 1. The molecule has 2 heterocycles. The van der Waals surface area contributed by atoms with Crippen molar-refractivity contribution in [2.75, 3.05) is 6.54 Å². The van der Waals surface area contributed by atoms with Gasteiger partial charge in [-0.15, -0.1) is 0 Å². The number of carbonyl (C=O) groups is 1. The molecule has 4 nitrogen and oxygen atoms in total. The highest BCUT2D eigenvalue weighted by atomic mass is 16.6. The van der Waals surface area contributed by atoms with Gasteiger partial charge in [0.1, 0.15) is 11.6 Å². The zero-order valence-corrected chi connectivity index (χ0v) is 13.8. The average molecular weight is 310 g/mol. The van der Waals surface area contributed by atoms with Gasteiger partial charge in [-0.2, -0.15) is 0 Å². The second kappa shape index (κ2) is 6.13. The van der Waals surface area contributed by atoms with Crippen LogP contribution in [0.4, 0.5) is 0 Å². The number of benzene rings is 1. The van der Waals surface area contributed by atoms with Crippen molar-refractivity contribution in [2.24, 2.45) is 0 Å². The van der Waals surface area contributed by atoms with Crippen LogP contribution in [-0.4, -0.2) is 29.1 Å². The van der Waals surface area contributed by atoms with E-state index in [1.165, 1.54) is 5.39 Å². The van der Waals surface area contributed by atoms with Crippen LogP contribution in [-0.2, 0) is 9.53 Å². The summed E-state index contributed by atoms with van der Waals surface area (Å²) in [4.78, 5) is 16.6. The van der Waals surface area contributed by atoms with Crippen LogP contribution in [0.3, 0.4) is 0 Å². The van der Waals surface area contributed by atoms with E-state index in [0.717, 1.165) is 29.5 Å². The van der Waals surface area contributed by atoms with Crippen LogP contribution in [0.5, 0.6) is 0 Å². The Hall–Kier alpha value is -2.20. The maximum absolute atomic E-state index is 12.3. The van der Waals surface area contributed by atoms with E-state index in [1.807, 2.05) is 51.4 Å². The lowest BCUT2D eigenvalue weighted by Gasteiger charge is -2.26. The third-order valence-corrected chi connectivity index (χ3v) is 3.80. The Morgan fingerprint density at radius 2 is 2.04 bits per heavy atom. The molecule has 1 atom stereocenters. The molecule has 0 aliphatic carbocycles. The monoisotopic (exact) mass is 310 g/mol. The number of esters is 1. The van der Waals surface area contributed by atoms with Gasteiger partial charge in [0.15, 0.2) is 0 Å². The summed E-state index contributed by atoms with van der Waals surface area (Å²) < 4.78 is 5.49. The molecule has 1 aromatic carbocycles. The molecule has 0 spiro atoms. The summed E-state index contributed by atoms with van der Waals surface area (Å²) in [5.41, 5.74) is 1.76. The van der Waals surface area contributed by atoms with Gasteiger partial charge in [0.25, 0.3) is 0 Å². The van der Waals surface area contributed by atoms with Crippen molar-refractivity contribution in [3.63, 3.8) is 0 Å². The first-order valence-corrected chi connectivity index (χ1v) is 7.94. The summed E-state index contributed by atoms with van der Waals surface area (Å²) in [6.45, 7) is 6.39. The number of pyridine rings is 1. The highest BCUT2D eigenvalue weighted by Crippen LogP contribution is 2.28. The topological polar surface area (TPSA) is 51.2 Å². The van der Waals surface area contributed by atoms with E-state index in [9.17, 15) is 4.79 Å². The number of rotatable bonds is 2. The molecule has 1 aromatic heterocycles. The zero-order valence-electron chi connectivity index (χ0n) is 13.8. The molecule has 1 aliphatic rings. The summed E-state index contributed by atoms with van der Waals surface area (Å²) >= 11 is 0. The first-order chi connectivity index (χ1) is 10.9. The summed E-state index contributed by atoms with van der Waals surface area (Å²) in [6.07, 6.45) is 6.59. The van der Waals surface area contributed by atoms with Gasteiger partial charge in [-0.1, -0.05) is 30.3 Å². The standard InChI is InChI=1S/C19H22N2O2/c1-19(2,3)23-18(22)17-10-13(8-9-21-17)16-12-20-11-14-6-4-5-7-15(14)16/h4-7,10-12,17,21H,8-9H2,1-3H3. The molecule has 120 valence electrons. The number of fused-ring (bicyclic) bond motifs is 1. The van der Waals surface area contributed by atoms with E-state index in [2.05, 4.69) is 22.4 Å². The molecule has 4 heteroatoms. The molecule has 0 bridgehead atoms. The molecule has 2 aromatic rings. The molecule has 0 radical (unpaired) electrons. The van der Waals surface area contributed by atoms with Gasteiger partial charge in [-0.3, -0.25) is 4.98 Å². The van der Waals surface area contributed by atoms with Gasteiger partial charge in [0.05, 0.1) is 0 Å². The van der Waals surface area contributed by atoms with E-state index in [1.54, 1.807) is 0 Å². The molecule has 0 fully saturated rings. The van der Waals surface area contributed by atoms with Crippen molar-refractivity contribution < 1.29 is 9.53 Å². The quantitative estimate of drug-likeness (QED) is 0.865. The number of hydrogen-bond acceptors (Lipinski definition) is 4. The number of aromatic nitrogens is 1. The third kappa shape index (κ3) is 3.59. The van der Waals surface area contributed by atoms with Crippen molar-refractivity contribution in [1.29, 1.82) is 0 Å². The summed E-state index contributed by atoms with van der Waals surface area (Å²) in [7, 11) is 0. The van der Waals surface area contributed by atoms with E-state index in [4.69, 9.17) is 4.74 Å². The smallest absolute Gasteiger partial charge is 0.327 e. The normalized spacial score (nSPS) is 18.6. The van der Waals surface area contributed by atoms with Gasteiger partial charge < -0.3 is 10.1 Å². The SMILES string of the molecule is CC(C)(C)OC(=O)C1C=C(c2cncc3ccccc23)CCN1. The van der Waals surface area contributed by atoms with Crippen LogP contribution >= 0.6 is 0 Å².